The molecule has 2 aromatic rings. The van der Waals surface area contributed by atoms with E-state index in [1.165, 1.54) is 17.7 Å². The molecule has 0 bridgehead atoms. The molecule has 1 N–H and O–H groups in total. The smallest absolute Gasteiger partial charge is 0.335 e. The van der Waals surface area contributed by atoms with Gasteiger partial charge in [0, 0.05) is 11.7 Å². The molecule has 0 radical (unpaired) electrons. The first kappa shape index (κ1) is 13.9. The van der Waals surface area contributed by atoms with Gasteiger partial charge in [0.05, 0.1) is 21.3 Å². The van der Waals surface area contributed by atoms with Crippen LogP contribution in [0, 0.1) is 5.82 Å². The van der Waals surface area contributed by atoms with Gasteiger partial charge in [-0.05, 0) is 35.7 Å². The summed E-state index contributed by atoms with van der Waals surface area (Å²) in [6.45, 7) is 0. The van der Waals surface area contributed by atoms with Gasteiger partial charge < -0.3 is 5.11 Å². The van der Waals surface area contributed by atoms with Crippen LogP contribution in [-0.2, 0) is 17.2 Å². The number of fused-ring (bicyclic) bond motifs is 1. The van der Waals surface area contributed by atoms with Crippen LogP contribution in [0.15, 0.2) is 47.4 Å². The lowest BCUT2D eigenvalue weighted by Crippen LogP contribution is -2.23. The van der Waals surface area contributed by atoms with Crippen molar-refractivity contribution in [3.8, 4) is 0 Å². The summed E-state index contributed by atoms with van der Waals surface area (Å²) in [5.41, 5.74) is 2.34. The molecule has 0 spiro atoms. The standard InChI is InChI=1S/C16H13FO3S/c17-14-6-5-11(16(18)19)8-15(14)21(20)9-12-7-10-3-1-2-4-13(10)12/h1-6,8,12H,7,9H2,(H,18,19). The third-order valence-corrected chi connectivity index (χ3v) is 5.25. The summed E-state index contributed by atoms with van der Waals surface area (Å²) >= 11 is 0. The molecule has 0 aliphatic heterocycles. The second-order valence-corrected chi connectivity index (χ2v) is 6.53. The van der Waals surface area contributed by atoms with E-state index in [1.807, 2.05) is 24.3 Å². The lowest BCUT2D eigenvalue weighted by Gasteiger charge is -2.29. The zero-order chi connectivity index (χ0) is 15.0. The fourth-order valence-electron chi connectivity index (χ4n) is 2.59. The number of hydrogen-bond acceptors (Lipinski definition) is 2. The number of aromatic carboxylic acids is 1. The minimum atomic E-state index is -1.55. The van der Waals surface area contributed by atoms with Crippen LogP contribution in [-0.4, -0.2) is 21.0 Å². The van der Waals surface area contributed by atoms with E-state index in [1.54, 1.807) is 0 Å². The maximum absolute atomic E-state index is 13.8. The molecule has 0 saturated heterocycles. The fourth-order valence-corrected chi connectivity index (χ4v) is 3.98. The largest absolute Gasteiger partial charge is 0.478 e. The molecule has 0 amide bonds. The molecule has 2 aromatic carbocycles. The van der Waals surface area contributed by atoms with Crippen LogP contribution in [0.2, 0.25) is 0 Å². The van der Waals surface area contributed by atoms with Crippen LogP contribution >= 0.6 is 0 Å². The summed E-state index contributed by atoms with van der Waals surface area (Å²) in [5.74, 6) is -1.31. The van der Waals surface area contributed by atoms with Gasteiger partial charge in [-0.15, -0.1) is 0 Å². The van der Waals surface area contributed by atoms with Crippen LogP contribution in [0.25, 0.3) is 0 Å². The molecule has 3 rings (SSSR count). The number of carboxylic acids is 1. The van der Waals surface area contributed by atoms with Gasteiger partial charge >= 0.3 is 5.97 Å². The first-order valence-electron chi connectivity index (χ1n) is 6.55. The van der Waals surface area contributed by atoms with Crippen molar-refractivity contribution in [1.29, 1.82) is 0 Å². The van der Waals surface area contributed by atoms with Gasteiger partial charge in [0.15, 0.2) is 0 Å². The Hall–Kier alpha value is -2.01. The quantitative estimate of drug-likeness (QED) is 0.945. The summed E-state index contributed by atoms with van der Waals surface area (Å²) in [6.07, 6.45) is 0.835. The van der Waals surface area contributed by atoms with E-state index >= 15 is 0 Å². The molecule has 0 saturated carbocycles. The van der Waals surface area contributed by atoms with E-state index in [0.717, 1.165) is 18.1 Å². The van der Waals surface area contributed by atoms with Crippen LogP contribution in [0.1, 0.15) is 27.4 Å². The first-order chi connectivity index (χ1) is 10.1. The van der Waals surface area contributed by atoms with E-state index in [-0.39, 0.29) is 16.4 Å². The Bertz CT molecular complexity index is 742. The van der Waals surface area contributed by atoms with E-state index in [0.29, 0.717) is 5.75 Å². The third kappa shape index (κ3) is 2.61. The maximum atomic E-state index is 13.8. The number of carboxylic acid groups (broad SMARTS) is 1. The number of carbonyl (C=O) groups is 1. The second-order valence-electron chi connectivity index (χ2n) is 5.06. The van der Waals surface area contributed by atoms with Gasteiger partial charge in [-0.3, -0.25) is 4.21 Å². The van der Waals surface area contributed by atoms with Crippen molar-refractivity contribution >= 4 is 16.8 Å². The fraction of sp³-hybridized carbons (Fsp3) is 0.188. The highest BCUT2D eigenvalue weighted by Gasteiger charge is 2.28. The lowest BCUT2D eigenvalue weighted by atomic mass is 9.79. The van der Waals surface area contributed by atoms with Crippen molar-refractivity contribution in [2.24, 2.45) is 0 Å². The Morgan fingerprint density at radius 3 is 2.76 bits per heavy atom. The SMILES string of the molecule is O=C(O)c1ccc(F)c(S(=O)CC2Cc3ccccc32)c1. The summed E-state index contributed by atoms with van der Waals surface area (Å²) in [6, 6.07) is 11.3. The molecular weight excluding hydrogens is 291 g/mol. The zero-order valence-electron chi connectivity index (χ0n) is 11.1. The number of hydrogen-bond donors (Lipinski definition) is 1. The predicted octanol–water partition coefficient (Wildman–Crippen LogP) is 2.97. The predicted molar refractivity (Wildman–Crippen MR) is 77.5 cm³/mol. The zero-order valence-corrected chi connectivity index (χ0v) is 11.9. The molecule has 1 aliphatic carbocycles. The van der Waals surface area contributed by atoms with Gasteiger partial charge in [-0.1, -0.05) is 24.3 Å². The van der Waals surface area contributed by atoms with Crippen molar-refractivity contribution in [3.05, 3.63) is 65.0 Å². The number of rotatable bonds is 4. The van der Waals surface area contributed by atoms with E-state index < -0.39 is 22.6 Å². The van der Waals surface area contributed by atoms with Crippen molar-refractivity contribution in [1.82, 2.24) is 0 Å². The van der Waals surface area contributed by atoms with Crippen molar-refractivity contribution in [2.45, 2.75) is 17.2 Å². The summed E-state index contributed by atoms with van der Waals surface area (Å²) in [4.78, 5) is 10.9. The van der Waals surface area contributed by atoms with Crippen LogP contribution in [0.4, 0.5) is 4.39 Å². The Kier molecular flexibility index (Phi) is 3.59. The van der Waals surface area contributed by atoms with E-state index in [4.69, 9.17) is 5.11 Å². The first-order valence-corrected chi connectivity index (χ1v) is 7.87. The van der Waals surface area contributed by atoms with Crippen molar-refractivity contribution in [2.75, 3.05) is 5.75 Å². The molecule has 3 nitrogen and oxygen atoms in total. The van der Waals surface area contributed by atoms with E-state index in [2.05, 4.69) is 0 Å². The highest BCUT2D eigenvalue weighted by molar-refractivity contribution is 7.85. The van der Waals surface area contributed by atoms with Crippen LogP contribution in [0.5, 0.6) is 0 Å². The van der Waals surface area contributed by atoms with Crippen LogP contribution in [0.3, 0.4) is 0 Å². The topological polar surface area (TPSA) is 54.4 Å². The normalized spacial score (nSPS) is 17.7. The summed E-state index contributed by atoms with van der Waals surface area (Å²) in [7, 11) is -1.55. The average molecular weight is 304 g/mol. The number of benzene rings is 2. The van der Waals surface area contributed by atoms with Gasteiger partial charge in [-0.2, -0.15) is 0 Å². The monoisotopic (exact) mass is 304 g/mol. The maximum Gasteiger partial charge on any atom is 0.335 e. The van der Waals surface area contributed by atoms with Gasteiger partial charge in [-0.25, -0.2) is 9.18 Å². The van der Waals surface area contributed by atoms with Crippen molar-refractivity contribution in [3.63, 3.8) is 0 Å². The molecule has 2 atom stereocenters. The summed E-state index contributed by atoms with van der Waals surface area (Å²) in [5, 5.41) is 8.93. The highest BCUT2D eigenvalue weighted by atomic mass is 32.2. The lowest BCUT2D eigenvalue weighted by molar-refractivity contribution is 0.0696. The minimum absolute atomic E-state index is 0.0284. The molecule has 21 heavy (non-hydrogen) atoms. The van der Waals surface area contributed by atoms with Crippen molar-refractivity contribution < 1.29 is 18.5 Å². The van der Waals surface area contributed by atoms with E-state index in [9.17, 15) is 13.4 Å². The highest BCUT2D eigenvalue weighted by Crippen LogP contribution is 2.36. The minimum Gasteiger partial charge on any atom is -0.478 e. The number of halogens is 1. The molecule has 0 heterocycles. The molecule has 5 heteroatoms. The molecular formula is C16H13FO3S. The average Bonchev–Trinajstić information content (AvgIpc) is 2.44. The Labute approximate surface area is 123 Å². The molecule has 0 fully saturated rings. The second kappa shape index (κ2) is 5.41. The third-order valence-electron chi connectivity index (χ3n) is 3.74. The molecule has 2 unspecified atom stereocenters. The molecule has 108 valence electrons. The van der Waals surface area contributed by atoms with Gasteiger partial charge in [0.2, 0.25) is 0 Å². The Morgan fingerprint density at radius 1 is 1.29 bits per heavy atom. The Morgan fingerprint density at radius 2 is 2.05 bits per heavy atom. The Balaban J connectivity index is 1.81. The van der Waals surface area contributed by atoms with Crippen LogP contribution < -0.4 is 0 Å². The van der Waals surface area contributed by atoms with Gasteiger partial charge in [0.1, 0.15) is 5.82 Å². The summed E-state index contributed by atoms with van der Waals surface area (Å²) < 4.78 is 26.1. The van der Waals surface area contributed by atoms with Gasteiger partial charge in [0.25, 0.3) is 0 Å². The molecule has 0 aromatic heterocycles. The molecule has 1 aliphatic rings.